The molecule has 0 saturated carbocycles. The van der Waals surface area contributed by atoms with Gasteiger partial charge in [-0.3, -0.25) is 9.89 Å². The molecule has 132 valence electrons. The minimum atomic E-state index is -0.343. The van der Waals surface area contributed by atoms with E-state index in [2.05, 4.69) is 15.5 Å². The second kappa shape index (κ2) is 6.92. The number of anilines is 1. The molecular weight excluding hydrogens is 330 g/mol. The van der Waals surface area contributed by atoms with Crippen molar-refractivity contribution in [2.45, 2.75) is 12.8 Å². The van der Waals surface area contributed by atoms with Gasteiger partial charge in [0.05, 0.1) is 23.5 Å². The lowest BCUT2D eigenvalue weighted by molar-refractivity contribution is -0.117. The number of carbonyl (C=O) groups excluding carboxylic acids is 1. The zero-order valence-electron chi connectivity index (χ0n) is 14.4. The molecule has 2 heterocycles. The molecule has 0 saturated heterocycles. The number of nitrogens with zero attached hydrogens (tertiary/aromatic N) is 1. The highest BCUT2D eigenvalue weighted by atomic mass is 16.6. The minimum absolute atomic E-state index is 0.111. The highest BCUT2D eigenvalue weighted by molar-refractivity contribution is 5.98. The Labute approximate surface area is 151 Å². The molecule has 6 heteroatoms. The van der Waals surface area contributed by atoms with Crippen LogP contribution in [0, 0.1) is 0 Å². The van der Waals surface area contributed by atoms with Gasteiger partial charge in [0.25, 0.3) is 0 Å². The molecule has 1 aliphatic heterocycles. The maximum absolute atomic E-state index is 12.7. The number of benzene rings is 2. The van der Waals surface area contributed by atoms with E-state index in [1.54, 1.807) is 6.20 Å². The van der Waals surface area contributed by atoms with Crippen molar-refractivity contribution in [2.75, 3.05) is 18.5 Å². The van der Waals surface area contributed by atoms with Crippen LogP contribution in [0.15, 0.2) is 54.7 Å². The second-order valence-corrected chi connectivity index (χ2v) is 6.14. The fourth-order valence-electron chi connectivity index (χ4n) is 2.93. The number of rotatable bonds is 4. The molecule has 1 unspecified atom stereocenters. The van der Waals surface area contributed by atoms with Crippen LogP contribution in [0.1, 0.15) is 18.4 Å². The molecule has 0 spiro atoms. The highest BCUT2D eigenvalue weighted by Gasteiger charge is 2.20. The van der Waals surface area contributed by atoms with Gasteiger partial charge in [-0.05, 0) is 24.6 Å². The van der Waals surface area contributed by atoms with Crippen LogP contribution in [0.2, 0.25) is 0 Å². The van der Waals surface area contributed by atoms with Gasteiger partial charge >= 0.3 is 0 Å². The average Bonchev–Trinajstić information content (AvgIpc) is 3.15. The van der Waals surface area contributed by atoms with Crippen LogP contribution in [-0.4, -0.2) is 29.3 Å². The van der Waals surface area contributed by atoms with E-state index in [9.17, 15) is 4.79 Å². The minimum Gasteiger partial charge on any atom is -0.486 e. The zero-order chi connectivity index (χ0) is 17.9. The Morgan fingerprint density at radius 2 is 1.88 bits per heavy atom. The Morgan fingerprint density at radius 1 is 1.12 bits per heavy atom. The third kappa shape index (κ3) is 3.13. The van der Waals surface area contributed by atoms with E-state index in [0.29, 0.717) is 30.4 Å². The summed E-state index contributed by atoms with van der Waals surface area (Å²) >= 11 is 0. The summed E-state index contributed by atoms with van der Waals surface area (Å²) in [4.78, 5) is 12.7. The summed E-state index contributed by atoms with van der Waals surface area (Å²) in [7, 11) is 0. The van der Waals surface area contributed by atoms with E-state index >= 15 is 0 Å². The van der Waals surface area contributed by atoms with Gasteiger partial charge in [-0.25, -0.2) is 0 Å². The smallest absolute Gasteiger partial charge is 0.231 e. The van der Waals surface area contributed by atoms with Crippen molar-refractivity contribution >= 4 is 11.6 Å². The Hall–Kier alpha value is -3.28. The third-order valence-electron chi connectivity index (χ3n) is 4.42. The van der Waals surface area contributed by atoms with Crippen LogP contribution in [0.5, 0.6) is 11.5 Å². The summed E-state index contributed by atoms with van der Waals surface area (Å²) in [5.41, 5.74) is 3.28. The lowest BCUT2D eigenvalue weighted by atomic mass is 9.99. The number of hydrogen-bond acceptors (Lipinski definition) is 4. The van der Waals surface area contributed by atoms with Crippen LogP contribution in [-0.2, 0) is 4.79 Å². The number of fused-ring (bicyclic) bond motifs is 1. The van der Waals surface area contributed by atoms with E-state index in [0.717, 1.165) is 16.8 Å². The number of amides is 1. The van der Waals surface area contributed by atoms with Gasteiger partial charge in [0, 0.05) is 5.56 Å². The lowest BCUT2D eigenvalue weighted by Crippen LogP contribution is -2.20. The van der Waals surface area contributed by atoms with Gasteiger partial charge in [0.2, 0.25) is 5.91 Å². The molecule has 2 N–H and O–H groups in total. The summed E-state index contributed by atoms with van der Waals surface area (Å²) < 4.78 is 11.1. The van der Waals surface area contributed by atoms with Gasteiger partial charge < -0.3 is 14.8 Å². The molecule has 6 nitrogen and oxygen atoms in total. The summed E-state index contributed by atoms with van der Waals surface area (Å²) in [6, 6.07) is 15.4. The molecule has 26 heavy (non-hydrogen) atoms. The molecule has 0 fully saturated rings. The quantitative estimate of drug-likeness (QED) is 0.755. The Balaban J connectivity index is 1.53. The number of nitrogens with one attached hydrogen (secondary N) is 2. The van der Waals surface area contributed by atoms with Crippen molar-refractivity contribution in [3.05, 3.63) is 60.3 Å². The predicted molar refractivity (Wildman–Crippen MR) is 98.5 cm³/mol. The Kier molecular flexibility index (Phi) is 4.31. The number of aromatic nitrogens is 2. The van der Waals surface area contributed by atoms with E-state index in [4.69, 9.17) is 9.47 Å². The molecule has 4 rings (SSSR count). The van der Waals surface area contributed by atoms with Gasteiger partial charge in [0.15, 0.2) is 11.5 Å². The molecule has 1 amide bonds. The summed E-state index contributed by atoms with van der Waals surface area (Å²) in [6.07, 6.45) is 1.62. The highest BCUT2D eigenvalue weighted by Crippen LogP contribution is 2.34. The number of carbonyl (C=O) groups is 1. The summed E-state index contributed by atoms with van der Waals surface area (Å²) in [5, 5.41) is 9.97. The lowest BCUT2D eigenvalue weighted by Gasteiger charge is -2.20. The molecule has 2 aromatic carbocycles. The first-order chi connectivity index (χ1) is 12.7. The Morgan fingerprint density at radius 3 is 2.69 bits per heavy atom. The van der Waals surface area contributed by atoms with Gasteiger partial charge in [-0.1, -0.05) is 36.4 Å². The topological polar surface area (TPSA) is 76.2 Å². The van der Waals surface area contributed by atoms with Crippen LogP contribution in [0.3, 0.4) is 0 Å². The van der Waals surface area contributed by atoms with Crippen molar-refractivity contribution < 1.29 is 14.3 Å². The van der Waals surface area contributed by atoms with Crippen LogP contribution >= 0.6 is 0 Å². The van der Waals surface area contributed by atoms with Crippen molar-refractivity contribution in [1.29, 1.82) is 0 Å². The van der Waals surface area contributed by atoms with Gasteiger partial charge in [-0.15, -0.1) is 0 Å². The number of aromatic amines is 1. The number of H-pyrrole nitrogens is 1. The van der Waals surface area contributed by atoms with E-state index in [1.807, 2.05) is 55.5 Å². The molecule has 1 aromatic heterocycles. The SMILES string of the molecule is CC(C(=O)Nc1cn[nH]c1-c1ccccc1)c1ccc2c(c1)OCCO2. The number of hydrogen-bond donors (Lipinski definition) is 2. The monoisotopic (exact) mass is 349 g/mol. The maximum Gasteiger partial charge on any atom is 0.231 e. The van der Waals surface area contributed by atoms with E-state index in [-0.39, 0.29) is 11.8 Å². The zero-order valence-corrected chi connectivity index (χ0v) is 14.4. The first kappa shape index (κ1) is 16.2. The molecule has 1 atom stereocenters. The summed E-state index contributed by atoms with van der Waals surface area (Å²) in [6.45, 7) is 2.93. The van der Waals surface area contributed by atoms with E-state index in [1.165, 1.54) is 0 Å². The van der Waals surface area contributed by atoms with Crippen molar-refractivity contribution in [3.63, 3.8) is 0 Å². The summed E-state index contributed by atoms with van der Waals surface area (Å²) in [5.74, 6) is 0.945. The van der Waals surface area contributed by atoms with Gasteiger partial charge in [-0.2, -0.15) is 5.10 Å². The largest absolute Gasteiger partial charge is 0.486 e. The van der Waals surface area contributed by atoms with Crippen molar-refractivity contribution in [2.24, 2.45) is 0 Å². The second-order valence-electron chi connectivity index (χ2n) is 6.14. The molecule has 3 aromatic rings. The fraction of sp³-hybridized carbons (Fsp3) is 0.200. The Bertz CT molecular complexity index is 921. The van der Waals surface area contributed by atoms with Crippen LogP contribution < -0.4 is 14.8 Å². The molecule has 0 radical (unpaired) electrons. The van der Waals surface area contributed by atoms with Crippen molar-refractivity contribution in [3.8, 4) is 22.8 Å². The van der Waals surface area contributed by atoms with Crippen molar-refractivity contribution in [1.82, 2.24) is 10.2 Å². The van der Waals surface area contributed by atoms with E-state index < -0.39 is 0 Å². The first-order valence-corrected chi connectivity index (χ1v) is 8.51. The van der Waals surface area contributed by atoms with Crippen LogP contribution in [0.4, 0.5) is 5.69 Å². The number of ether oxygens (including phenoxy) is 2. The van der Waals surface area contributed by atoms with Gasteiger partial charge in [0.1, 0.15) is 13.2 Å². The van der Waals surface area contributed by atoms with Crippen LogP contribution in [0.25, 0.3) is 11.3 Å². The average molecular weight is 349 g/mol. The normalized spacial score (nSPS) is 13.9. The molecular formula is C20H19N3O3. The first-order valence-electron chi connectivity index (χ1n) is 8.51. The fourth-order valence-corrected chi connectivity index (χ4v) is 2.93. The molecule has 1 aliphatic rings. The standard InChI is InChI=1S/C20H19N3O3/c1-13(15-7-8-17-18(11-15)26-10-9-25-17)20(24)22-16-12-21-23-19(16)14-5-3-2-4-6-14/h2-8,11-13H,9-10H2,1H3,(H,21,23)(H,22,24). The molecule has 0 aliphatic carbocycles. The third-order valence-corrected chi connectivity index (χ3v) is 4.42. The maximum atomic E-state index is 12.7. The predicted octanol–water partition coefficient (Wildman–Crippen LogP) is 3.59. The molecule has 0 bridgehead atoms.